The lowest BCUT2D eigenvalue weighted by Gasteiger charge is -2.26. The molecule has 2 heterocycles. The van der Waals surface area contributed by atoms with Gasteiger partial charge in [0.1, 0.15) is 16.9 Å². The topological polar surface area (TPSA) is 69.5 Å². The molecular weight excluding hydrogens is 508 g/mol. The van der Waals surface area contributed by atoms with Gasteiger partial charge in [-0.05, 0) is 51.5 Å². The van der Waals surface area contributed by atoms with E-state index in [-0.39, 0.29) is 6.09 Å². The van der Waals surface area contributed by atoms with Crippen LogP contribution in [0.25, 0.3) is 21.9 Å². The summed E-state index contributed by atoms with van der Waals surface area (Å²) in [7, 11) is 0. The van der Waals surface area contributed by atoms with Crippen molar-refractivity contribution in [3.8, 4) is 0 Å². The molecule has 0 radical (unpaired) electrons. The average molecular weight is 539 g/mol. The fourth-order valence-electron chi connectivity index (χ4n) is 3.92. The minimum Gasteiger partial charge on any atom is -0.444 e. The maximum Gasteiger partial charge on any atom is 0.410 e. The fourth-order valence-corrected chi connectivity index (χ4v) is 4.27. The number of imidazole rings is 1. The van der Waals surface area contributed by atoms with Crippen LogP contribution in [0.4, 0.5) is 4.79 Å². The number of carbonyl (C=O) groups is 1. The minimum atomic E-state index is -0.566. The van der Waals surface area contributed by atoms with Gasteiger partial charge in [0, 0.05) is 22.9 Å². The second kappa shape index (κ2) is 10.7. The second-order valence-electron chi connectivity index (χ2n) is 9.37. The van der Waals surface area contributed by atoms with Crippen molar-refractivity contribution in [3.05, 3.63) is 70.6 Å². The maximum absolute atomic E-state index is 12.8. The van der Waals surface area contributed by atoms with E-state index < -0.39 is 5.60 Å². The minimum absolute atomic E-state index is 0.330. The third-order valence-electron chi connectivity index (χ3n) is 5.55. The predicted octanol–water partition coefficient (Wildman–Crippen LogP) is 6.32. The Morgan fingerprint density at radius 1 is 1.11 bits per heavy atom. The first-order valence-electron chi connectivity index (χ1n) is 11.8. The van der Waals surface area contributed by atoms with Crippen molar-refractivity contribution in [1.29, 1.82) is 0 Å². The lowest BCUT2D eigenvalue weighted by molar-refractivity contribution is 0.0237. The molecule has 0 fully saturated rings. The molecule has 0 bridgehead atoms. The largest absolute Gasteiger partial charge is 0.444 e. The van der Waals surface area contributed by atoms with Crippen LogP contribution in [0.15, 0.2) is 59.2 Å². The number of pyridine rings is 1. The molecule has 4 aromatic rings. The average Bonchev–Trinajstić information content (AvgIpc) is 3.17. The number of hydrogen-bond donors (Lipinski definition) is 0. The summed E-state index contributed by atoms with van der Waals surface area (Å²) in [6.45, 7) is 10.0. The van der Waals surface area contributed by atoms with Crippen LogP contribution in [0.2, 0.25) is 0 Å². The maximum atomic E-state index is 12.8. The van der Waals surface area contributed by atoms with E-state index in [1.807, 2.05) is 64.1 Å². The highest BCUT2D eigenvalue weighted by molar-refractivity contribution is 9.10. The van der Waals surface area contributed by atoms with Crippen LogP contribution in [0, 0.1) is 0 Å². The highest BCUT2D eigenvalue weighted by Gasteiger charge is 2.24. The van der Waals surface area contributed by atoms with Crippen LogP contribution in [-0.2, 0) is 29.2 Å². The summed E-state index contributed by atoms with van der Waals surface area (Å²) in [5, 5.41) is 1.01. The molecule has 184 valence electrons. The molecule has 8 heteroatoms. The van der Waals surface area contributed by atoms with Gasteiger partial charge in [-0.15, -0.1) is 0 Å². The molecule has 0 atom stereocenters. The van der Waals surface area contributed by atoms with Gasteiger partial charge in [-0.1, -0.05) is 46.3 Å². The first-order valence-corrected chi connectivity index (χ1v) is 12.6. The van der Waals surface area contributed by atoms with Gasteiger partial charge >= 0.3 is 6.09 Å². The van der Waals surface area contributed by atoms with E-state index in [9.17, 15) is 4.79 Å². The molecule has 0 N–H and O–H groups in total. The predicted molar refractivity (Wildman–Crippen MR) is 141 cm³/mol. The molecule has 1 amide bonds. The smallest absolute Gasteiger partial charge is 0.410 e. The van der Waals surface area contributed by atoms with Crippen molar-refractivity contribution in [1.82, 2.24) is 19.4 Å². The van der Waals surface area contributed by atoms with E-state index in [0.717, 1.165) is 37.8 Å². The molecule has 4 rings (SSSR count). The monoisotopic (exact) mass is 538 g/mol. The van der Waals surface area contributed by atoms with Crippen LogP contribution in [0.3, 0.4) is 0 Å². The highest BCUT2D eigenvalue weighted by atomic mass is 79.9. The molecule has 7 nitrogen and oxygen atoms in total. The molecule has 2 aromatic carbocycles. The van der Waals surface area contributed by atoms with Crippen molar-refractivity contribution >= 4 is 44.0 Å². The van der Waals surface area contributed by atoms with Gasteiger partial charge in [-0.2, -0.15) is 0 Å². The van der Waals surface area contributed by atoms with Crippen molar-refractivity contribution in [2.45, 2.75) is 53.0 Å². The van der Waals surface area contributed by atoms with Gasteiger partial charge in [0.25, 0.3) is 0 Å². The molecule has 35 heavy (non-hydrogen) atoms. The lowest BCUT2D eigenvalue weighted by Crippen LogP contribution is -2.37. The summed E-state index contributed by atoms with van der Waals surface area (Å²) in [5.41, 5.74) is 3.22. The molecule has 0 aliphatic heterocycles. The molecule has 0 unspecified atom stereocenters. The number of hydrogen-bond acceptors (Lipinski definition) is 5. The van der Waals surface area contributed by atoms with E-state index in [2.05, 4.69) is 37.6 Å². The second-order valence-corrected chi connectivity index (χ2v) is 10.3. The number of benzene rings is 2. The third-order valence-corrected chi connectivity index (χ3v) is 6.04. The Kier molecular flexibility index (Phi) is 7.72. The fraction of sp³-hybridized carbons (Fsp3) is 0.370. The Hall–Kier alpha value is -2.97. The van der Waals surface area contributed by atoms with Crippen molar-refractivity contribution < 1.29 is 14.3 Å². The summed E-state index contributed by atoms with van der Waals surface area (Å²) < 4.78 is 14.7. The van der Waals surface area contributed by atoms with Crippen molar-refractivity contribution in [3.63, 3.8) is 0 Å². The number of ether oxygens (including phenoxy) is 2. The number of rotatable bonds is 8. The Labute approximate surface area is 214 Å². The van der Waals surface area contributed by atoms with Gasteiger partial charge in [-0.25, -0.2) is 9.78 Å². The number of halogens is 1. The van der Waals surface area contributed by atoms with Gasteiger partial charge in [0.2, 0.25) is 0 Å². The SMILES string of the molecule is CCN(Cc1nc2cnc3cc(Br)ccc3c2n1CCOCc1ccccc1)C(=O)OC(C)(C)C. The van der Waals surface area contributed by atoms with Gasteiger partial charge in [-0.3, -0.25) is 4.98 Å². The zero-order valence-electron chi connectivity index (χ0n) is 20.6. The third kappa shape index (κ3) is 6.18. The Bertz CT molecular complexity index is 1320. The van der Waals surface area contributed by atoms with Crippen LogP contribution >= 0.6 is 15.9 Å². The summed E-state index contributed by atoms with van der Waals surface area (Å²) >= 11 is 3.54. The lowest BCUT2D eigenvalue weighted by atomic mass is 10.2. The Morgan fingerprint density at radius 3 is 2.60 bits per heavy atom. The molecule has 0 aliphatic rings. The molecule has 0 saturated heterocycles. The molecule has 0 spiro atoms. The summed E-state index contributed by atoms with van der Waals surface area (Å²) in [6, 6.07) is 16.2. The van der Waals surface area contributed by atoms with Crippen LogP contribution in [-0.4, -0.2) is 44.3 Å². The van der Waals surface area contributed by atoms with Crippen LogP contribution < -0.4 is 0 Å². The van der Waals surface area contributed by atoms with Crippen LogP contribution in [0.1, 0.15) is 39.1 Å². The quantitative estimate of drug-likeness (QED) is 0.245. The van der Waals surface area contributed by atoms with E-state index in [1.165, 1.54) is 0 Å². The number of amides is 1. The zero-order valence-corrected chi connectivity index (χ0v) is 22.2. The number of carbonyl (C=O) groups excluding carboxylic acids is 1. The number of nitrogens with zero attached hydrogens (tertiary/aromatic N) is 4. The van der Waals surface area contributed by atoms with E-state index in [1.54, 1.807) is 11.1 Å². The molecule has 0 aliphatic carbocycles. The van der Waals surface area contributed by atoms with Crippen molar-refractivity contribution in [2.75, 3.05) is 13.2 Å². The van der Waals surface area contributed by atoms with Gasteiger partial charge in [0.05, 0.1) is 37.0 Å². The molecular formula is C27H31BrN4O3. The van der Waals surface area contributed by atoms with Gasteiger partial charge in [0.15, 0.2) is 0 Å². The van der Waals surface area contributed by atoms with E-state index >= 15 is 0 Å². The first kappa shape index (κ1) is 25.1. The van der Waals surface area contributed by atoms with E-state index in [0.29, 0.717) is 32.8 Å². The highest BCUT2D eigenvalue weighted by Crippen LogP contribution is 2.28. The first-order chi connectivity index (χ1) is 16.7. The summed E-state index contributed by atoms with van der Waals surface area (Å²) in [4.78, 5) is 24.0. The normalized spacial score (nSPS) is 11.8. The number of aromatic nitrogens is 3. The van der Waals surface area contributed by atoms with E-state index in [4.69, 9.17) is 14.5 Å². The molecule has 2 aromatic heterocycles. The number of fused-ring (bicyclic) bond motifs is 3. The van der Waals surface area contributed by atoms with Crippen LogP contribution in [0.5, 0.6) is 0 Å². The zero-order chi connectivity index (χ0) is 25.0. The van der Waals surface area contributed by atoms with Crippen molar-refractivity contribution in [2.24, 2.45) is 0 Å². The summed E-state index contributed by atoms with van der Waals surface area (Å²) in [5.74, 6) is 0.772. The Morgan fingerprint density at radius 2 is 1.89 bits per heavy atom. The summed E-state index contributed by atoms with van der Waals surface area (Å²) in [6.07, 6.45) is 1.43. The standard InChI is InChI=1S/C27H31BrN4O3/c1-5-31(26(33)35-27(2,3)4)17-24-30-23-16-29-22-15-20(28)11-12-21(22)25(23)32(24)13-14-34-18-19-9-7-6-8-10-19/h6-12,15-16H,5,13-14,17-18H2,1-4H3. The Balaban J connectivity index is 1.65. The molecule has 0 saturated carbocycles. The van der Waals surface area contributed by atoms with Gasteiger partial charge < -0.3 is 18.9 Å².